The van der Waals surface area contributed by atoms with E-state index in [0.29, 0.717) is 19.3 Å². The molecule has 0 spiro atoms. The van der Waals surface area contributed by atoms with E-state index in [-0.39, 0.29) is 0 Å². The number of alkyl halides is 3. The van der Waals surface area contributed by atoms with Crippen LogP contribution in [0, 0.1) is 5.92 Å². The van der Waals surface area contributed by atoms with Crippen LogP contribution < -0.4 is 0 Å². The summed E-state index contributed by atoms with van der Waals surface area (Å²) in [6.07, 6.45) is 1.98. The molecule has 0 fully saturated rings. The second-order valence-electron chi connectivity index (χ2n) is 4.23. The van der Waals surface area contributed by atoms with Gasteiger partial charge in [-0.3, -0.25) is 0 Å². The molecule has 0 aliphatic heterocycles. The van der Waals surface area contributed by atoms with Gasteiger partial charge in [-0.2, -0.15) is 13.2 Å². The van der Waals surface area contributed by atoms with Crippen molar-refractivity contribution in [1.82, 2.24) is 0 Å². The lowest BCUT2D eigenvalue weighted by Gasteiger charge is -2.19. The third-order valence-electron chi connectivity index (χ3n) is 2.78. The van der Waals surface area contributed by atoms with Gasteiger partial charge in [0.2, 0.25) is 0 Å². The molecule has 0 N–H and O–H groups in total. The first-order valence-electron chi connectivity index (χ1n) is 6.09. The Balaban J connectivity index is 3.81. The van der Waals surface area contributed by atoms with Crippen LogP contribution in [0.1, 0.15) is 65.2 Å². The summed E-state index contributed by atoms with van der Waals surface area (Å²) in [5.74, 6) is -1.06. The summed E-state index contributed by atoms with van der Waals surface area (Å²) < 4.78 is 37.7. The summed E-state index contributed by atoms with van der Waals surface area (Å²) in [5.41, 5.74) is 0. The molecule has 92 valence electrons. The van der Waals surface area contributed by atoms with E-state index in [0.717, 1.165) is 32.1 Å². The fourth-order valence-corrected chi connectivity index (χ4v) is 1.74. The first kappa shape index (κ1) is 14.8. The summed E-state index contributed by atoms with van der Waals surface area (Å²) in [6.45, 7) is 4.00. The number of hydrogen-bond acceptors (Lipinski definition) is 0. The lowest BCUT2D eigenvalue weighted by Crippen LogP contribution is -2.22. The molecule has 0 aromatic heterocycles. The fraction of sp³-hybridized carbons (Fsp3) is 1.00. The van der Waals surface area contributed by atoms with E-state index in [4.69, 9.17) is 0 Å². The van der Waals surface area contributed by atoms with Crippen molar-refractivity contribution in [2.75, 3.05) is 0 Å². The molecule has 0 rings (SSSR count). The van der Waals surface area contributed by atoms with E-state index in [1.807, 2.05) is 6.92 Å². The van der Waals surface area contributed by atoms with E-state index < -0.39 is 12.1 Å². The molecule has 0 bridgehead atoms. The van der Waals surface area contributed by atoms with Crippen molar-refractivity contribution in [3.8, 4) is 0 Å². The largest absolute Gasteiger partial charge is 0.391 e. The first-order valence-corrected chi connectivity index (χ1v) is 6.09. The van der Waals surface area contributed by atoms with Crippen molar-refractivity contribution < 1.29 is 13.2 Å². The number of halogens is 3. The van der Waals surface area contributed by atoms with Gasteiger partial charge < -0.3 is 0 Å². The zero-order chi connectivity index (χ0) is 11.7. The van der Waals surface area contributed by atoms with Gasteiger partial charge in [0.1, 0.15) is 0 Å². The molecular formula is C12H23F3. The van der Waals surface area contributed by atoms with Crippen molar-refractivity contribution >= 4 is 0 Å². The third kappa shape index (κ3) is 7.69. The highest BCUT2D eigenvalue weighted by atomic mass is 19.4. The molecule has 0 aromatic rings. The molecule has 3 heteroatoms. The third-order valence-corrected chi connectivity index (χ3v) is 2.78. The van der Waals surface area contributed by atoms with Gasteiger partial charge >= 0.3 is 6.18 Å². The van der Waals surface area contributed by atoms with Crippen molar-refractivity contribution in [2.24, 2.45) is 5.92 Å². The minimum absolute atomic E-state index is 0.312. The van der Waals surface area contributed by atoms with E-state index in [2.05, 4.69) is 6.92 Å². The Morgan fingerprint density at radius 1 is 0.800 bits per heavy atom. The van der Waals surface area contributed by atoms with Crippen LogP contribution >= 0.6 is 0 Å². The van der Waals surface area contributed by atoms with Gasteiger partial charge in [0.15, 0.2) is 0 Å². The van der Waals surface area contributed by atoms with Gasteiger partial charge in [0, 0.05) is 0 Å². The Hall–Kier alpha value is -0.210. The Morgan fingerprint density at radius 3 is 1.80 bits per heavy atom. The summed E-state index contributed by atoms with van der Waals surface area (Å²) in [7, 11) is 0. The van der Waals surface area contributed by atoms with Crippen LogP contribution in [0.25, 0.3) is 0 Å². The Kier molecular flexibility index (Phi) is 7.89. The maximum absolute atomic E-state index is 12.6. The Bertz CT molecular complexity index is 140. The predicted octanol–water partition coefficient (Wildman–Crippen LogP) is 5.33. The van der Waals surface area contributed by atoms with E-state index >= 15 is 0 Å². The molecule has 0 amide bonds. The minimum Gasteiger partial charge on any atom is -0.171 e. The molecule has 0 saturated carbocycles. The average molecular weight is 224 g/mol. The zero-order valence-corrected chi connectivity index (χ0v) is 9.87. The highest BCUT2D eigenvalue weighted by molar-refractivity contribution is 4.67. The highest BCUT2D eigenvalue weighted by Crippen LogP contribution is 2.34. The smallest absolute Gasteiger partial charge is 0.171 e. The normalized spacial score (nSPS) is 14.2. The van der Waals surface area contributed by atoms with Crippen molar-refractivity contribution in [2.45, 2.75) is 71.4 Å². The van der Waals surface area contributed by atoms with Crippen LogP contribution in [0.5, 0.6) is 0 Å². The maximum atomic E-state index is 12.6. The average Bonchev–Trinajstić information content (AvgIpc) is 2.15. The molecule has 0 aromatic carbocycles. The molecule has 0 aliphatic carbocycles. The van der Waals surface area contributed by atoms with Crippen molar-refractivity contribution in [3.63, 3.8) is 0 Å². The Labute approximate surface area is 91.3 Å². The van der Waals surface area contributed by atoms with Crippen LogP contribution in [-0.2, 0) is 0 Å². The van der Waals surface area contributed by atoms with E-state index in [1.54, 1.807) is 0 Å². The van der Waals surface area contributed by atoms with Crippen molar-refractivity contribution in [3.05, 3.63) is 0 Å². The Morgan fingerprint density at radius 2 is 1.33 bits per heavy atom. The quantitative estimate of drug-likeness (QED) is 0.489. The number of hydrogen-bond donors (Lipinski definition) is 0. The van der Waals surface area contributed by atoms with Gasteiger partial charge in [-0.25, -0.2) is 0 Å². The minimum atomic E-state index is -3.98. The standard InChI is InChI=1S/C12H23F3/c1-3-5-7-8-10-11(9-6-4-2)12(13,14)15/h11H,3-10H2,1-2H3. The van der Waals surface area contributed by atoms with Gasteiger partial charge in [-0.05, 0) is 12.8 Å². The maximum Gasteiger partial charge on any atom is 0.391 e. The van der Waals surface area contributed by atoms with Gasteiger partial charge in [0.25, 0.3) is 0 Å². The van der Waals surface area contributed by atoms with Crippen molar-refractivity contribution in [1.29, 1.82) is 0 Å². The van der Waals surface area contributed by atoms with Gasteiger partial charge in [-0.15, -0.1) is 0 Å². The number of unbranched alkanes of at least 4 members (excludes halogenated alkanes) is 4. The molecule has 0 nitrogen and oxygen atoms in total. The van der Waals surface area contributed by atoms with Crippen LogP contribution in [0.2, 0.25) is 0 Å². The van der Waals surface area contributed by atoms with Gasteiger partial charge in [-0.1, -0.05) is 52.4 Å². The summed E-state index contributed by atoms with van der Waals surface area (Å²) >= 11 is 0. The predicted molar refractivity (Wildman–Crippen MR) is 57.8 cm³/mol. The zero-order valence-electron chi connectivity index (χ0n) is 9.87. The number of rotatable bonds is 8. The molecular weight excluding hydrogens is 201 g/mol. The fourth-order valence-electron chi connectivity index (χ4n) is 1.74. The van der Waals surface area contributed by atoms with Crippen LogP contribution in [0.4, 0.5) is 13.2 Å². The van der Waals surface area contributed by atoms with E-state index in [9.17, 15) is 13.2 Å². The van der Waals surface area contributed by atoms with Crippen LogP contribution in [0.15, 0.2) is 0 Å². The second-order valence-corrected chi connectivity index (χ2v) is 4.23. The van der Waals surface area contributed by atoms with Gasteiger partial charge in [0.05, 0.1) is 5.92 Å². The molecule has 1 unspecified atom stereocenters. The monoisotopic (exact) mass is 224 g/mol. The summed E-state index contributed by atoms with van der Waals surface area (Å²) in [4.78, 5) is 0. The van der Waals surface area contributed by atoms with Crippen LogP contribution in [-0.4, -0.2) is 6.18 Å². The molecule has 15 heavy (non-hydrogen) atoms. The molecule has 0 heterocycles. The first-order chi connectivity index (χ1) is 7.02. The molecule has 0 radical (unpaired) electrons. The lowest BCUT2D eigenvalue weighted by molar-refractivity contribution is -0.178. The topological polar surface area (TPSA) is 0 Å². The van der Waals surface area contributed by atoms with Crippen LogP contribution in [0.3, 0.4) is 0 Å². The van der Waals surface area contributed by atoms with E-state index in [1.165, 1.54) is 0 Å². The second kappa shape index (κ2) is 8.00. The molecule has 0 saturated heterocycles. The lowest BCUT2D eigenvalue weighted by atomic mass is 9.95. The SMILES string of the molecule is CCCCCCC(CCCC)C(F)(F)F. The molecule has 1 atom stereocenters. The summed E-state index contributed by atoms with van der Waals surface area (Å²) in [5, 5.41) is 0. The molecule has 0 aliphatic rings. The summed E-state index contributed by atoms with van der Waals surface area (Å²) in [6, 6.07) is 0. The highest BCUT2D eigenvalue weighted by Gasteiger charge is 2.37.